The van der Waals surface area contributed by atoms with Crippen molar-refractivity contribution in [2.24, 2.45) is 11.8 Å². The summed E-state index contributed by atoms with van der Waals surface area (Å²) in [5, 5.41) is 22.7. The van der Waals surface area contributed by atoms with Gasteiger partial charge in [-0.05, 0) is 85.8 Å². The minimum Gasteiger partial charge on any atom is -0.388 e. The van der Waals surface area contributed by atoms with E-state index in [-0.39, 0.29) is 12.0 Å². The lowest BCUT2D eigenvalue weighted by molar-refractivity contribution is -0.0143. The molecule has 0 amide bonds. The first-order valence-corrected chi connectivity index (χ1v) is 14.3. The molecule has 3 nitrogen and oxygen atoms in total. The Kier molecular flexibility index (Phi) is 9.96. The first-order chi connectivity index (χ1) is 18.0. The van der Waals surface area contributed by atoms with Crippen molar-refractivity contribution in [2.75, 3.05) is 19.6 Å². The number of hydrogen-bond donors (Lipinski definition) is 2. The predicted octanol–water partition coefficient (Wildman–Crippen LogP) is 7.13. The van der Waals surface area contributed by atoms with E-state index in [1.807, 2.05) is 36.4 Å². The fraction of sp³-hybridized carbons (Fsp3) is 0.471. The van der Waals surface area contributed by atoms with Crippen molar-refractivity contribution >= 4 is 0 Å². The SMILES string of the molecule is CC(C)Cc1ccc(C(O)CCCCCN2CCC(C(O)(c3ccccc3)c3ccccc3)CC2)cc1. The molecule has 0 aromatic heterocycles. The normalized spacial score (nSPS) is 16.2. The lowest BCUT2D eigenvalue weighted by atomic mass is 9.72. The largest absolute Gasteiger partial charge is 0.388 e. The molecule has 0 bridgehead atoms. The minimum absolute atomic E-state index is 0.204. The average molecular weight is 500 g/mol. The van der Waals surface area contributed by atoms with Gasteiger partial charge >= 0.3 is 0 Å². The summed E-state index contributed by atoms with van der Waals surface area (Å²) in [7, 11) is 0. The average Bonchev–Trinajstić information content (AvgIpc) is 2.93. The van der Waals surface area contributed by atoms with E-state index in [9.17, 15) is 10.2 Å². The molecule has 0 aliphatic carbocycles. The Hall–Kier alpha value is -2.46. The Morgan fingerprint density at radius 3 is 1.89 bits per heavy atom. The maximum absolute atomic E-state index is 12.1. The number of aliphatic hydroxyl groups excluding tert-OH is 1. The molecule has 3 heteroatoms. The zero-order valence-electron chi connectivity index (χ0n) is 22.7. The third kappa shape index (κ3) is 7.31. The lowest BCUT2D eigenvalue weighted by Crippen LogP contribution is -2.44. The molecule has 2 N–H and O–H groups in total. The van der Waals surface area contributed by atoms with Crippen LogP contribution < -0.4 is 0 Å². The van der Waals surface area contributed by atoms with Crippen molar-refractivity contribution in [1.29, 1.82) is 0 Å². The van der Waals surface area contributed by atoms with Crippen molar-refractivity contribution in [1.82, 2.24) is 4.90 Å². The van der Waals surface area contributed by atoms with E-state index in [4.69, 9.17) is 0 Å². The quantitative estimate of drug-likeness (QED) is 0.261. The number of hydrogen-bond acceptors (Lipinski definition) is 3. The van der Waals surface area contributed by atoms with E-state index in [0.29, 0.717) is 5.92 Å². The highest BCUT2D eigenvalue weighted by Crippen LogP contribution is 2.41. The van der Waals surface area contributed by atoms with Gasteiger partial charge in [0.25, 0.3) is 0 Å². The van der Waals surface area contributed by atoms with E-state index >= 15 is 0 Å². The van der Waals surface area contributed by atoms with Gasteiger partial charge in [-0.25, -0.2) is 0 Å². The number of unbranched alkanes of at least 4 members (excludes halogenated alkanes) is 2. The number of rotatable bonds is 12. The third-order valence-corrected chi connectivity index (χ3v) is 8.07. The van der Waals surface area contributed by atoms with Crippen molar-refractivity contribution < 1.29 is 10.2 Å². The highest BCUT2D eigenvalue weighted by molar-refractivity contribution is 5.37. The van der Waals surface area contributed by atoms with E-state index in [1.54, 1.807) is 0 Å². The second-order valence-corrected chi connectivity index (χ2v) is 11.3. The third-order valence-electron chi connectivity index (χ3n) is 8.07. The van der Waals surface area contributed by atoms with Gasteiger partial charge in [0.05, 0.1) is 6.10 Å². The topological polar surface area (TPSA) is 43.7 Å². The van der Waals surface area contributed by atoms with Gasteiger partial charge in [0.15, 0.2) is 0 Å². The highest BCUT2D eigenvalue weighted by atomic mass is 16.3. The number of piperidine rings is 1. The summed E-state index contributed by atoms with van der Waals surface area (Å²) in [5.74, 6) is 0.857. The summed E-state index contributed by atoms with van der Waals surface area (Å²) in [6, 6.07) is 28.9. The van der Waals surface area contributed by atoms with Crippen LogP contribution in [0.1, 0.15) is 80.7 Å². The van der Waals surface area contributed by atoms with Crippen molar-refractivity contribution in [3.63, 3.8) is 0 Å². The lowest BCUT2D eigenvalue weighted by Gasteiger charge is -2.42. The summed E-state index contributed by atoms with van der Waals surface area (Å²) < 4.78 is 0. The van der Waals surface area contributed by atoms with Crippen molar-refractivity contribution in [3.8, 4) is 0 Å². The zero-order chi connectivity index (χ0) is 26.1. The molecule has 198 valence electrons. The van der Waals surface area contributed by atoms with Crippen LogP contribution in [0.25, 0.3) is 0 Å². The first kappa shape index (κ1) is 27.6. The molecular formula is C34H45NO2. The molecule has 1 aliphatic rings. The fourth-order valence-electron chi connectivity index (χ4n) is 5.96. The van der Waals surface area contributed by atoms with Crippen LogP contribution in [0, 0.1) is 11.8 Å². The van der Waals surface area contributed by atoms with Gasteiger partial charge in [-0.15, -0.1) is 0 Å². The van der Waals surface area contributed by atoms with Gasteiger partial charge in [0.1, 0.15) is 5.60 Å². The molecule has 0 spiro atoms. The second kappa shape index (κ2) is 13.4. The van der Waals surface area contributed by atoms with Crippen LogP contribution in [-0.2, 0) is 12.0 Å². The molecule has 1 heterocycles. The first-order valence-electron chi connectivity index (χ1n) is 14.3. The van der Waals surface area contributed by atoms with E-state index in [1.165, 1.54) is 5.56 Å². The van der Waals surface area contributed by atoms with Crippen LogP contribution in [0.5, 0.6) is 0 Å². The molecule has 37 heavy (non-hydrogen) atoms. The number of aliphatic hydroxyl groups is 2. The van der Waals surface area contributed by atoms with Crippen molar-refractivity contribution in [2.45, 2.75) is 70.5 Å². The molecule has 1 aliphatic heterocycles. The molecule has 3 aromatic carbocycles. The number of nitrogens with zero attached hydrogens (tertiary/aromatic N) is 1. The molecular weight excluding hydrogens is 454 g/mol. The maximum Gasteiger partial charge on any atom is 0.117 e. The van der Waals surface area contributed by atoms with E-state index < -0.39 is 5.60 Å². The van der Waals surface area contributed by atoms with E-state index in [2.05, 4.69) is 67.3 Å². The van der Waals surface area contributed by atoms with Crippen LogP contribution in [-0.4, -0.2) is 34.7 Å². The van der Waals surface area contributed by atoms with Crippen LogP contribution in [0.3, 0.4) is 0 Å². The van der Waals surface area contributed by atoms with Gasteiger partial charge in [-0.3, -0.25) is 0 Å². The maximum atomic E-state index is 12.1. The Morgan fingerprint density at radius 1 is 0.784 bits per heavy atom. The Balaban J connectivity index is 1.21. The molecule has 3 aromatic rings. The molecule has 1 saturated heterocycles. The van der Waals surface area contributed by atoms with Gasteiger partial charge in [-0.1, -0.05) is 112 Å². The standard InChI is InChI=1S/C34H45NO2/c1-27(2)26-28-17-19-29(20-18-28)33(36)16-10-5-11-23-35-24-21-32(22-25-35)34(37,30-12-6-3-7-13-30)31-14-8-4-9-15-31/h3-4,6-9,12-15,17-20,27,32-33,36-37H,5,10-11,16,21-26H2,1-2H3. The Bertz CT molecular complexity index is 1000. The van der Waals surface area contributed by atoms with Gasteiger partial charge in [0, 0.05) is 0 Å². The van der Waals surface area contributed by atoms with Gasteiger partial charge < -0.3 is 15.1 Å². The minimum atomic E-state index is -0.947. The zero-order valence-corrected chi connectivity index (χ0v) is 22.7. The molecule has 4 rings (SSSR count). The molecule has 0 saturated carbocycles. The summed E-state index contributed by atoms with van der Waals surface area (Å²) in [6.45, 7) is 7.62. The monoisotopic (exact) mass is 499 g/mol. The highest BCUT2D eigenvalue weighted by Gasteiger charge is 2.41. The van der Waals surface area contributed by atoms with Gasteiger partial charge in [0.2, 0.25) is 0 Å². The molecule has 1 unspecified atom stereocenters. The smallest absolute Gasteiger partial charge is 0.117 e. The molecule has 1 fully saturated rings. The van der Waals surface area contributed by atoms with Gasteiger partial charge in [-0.2, -0.15) is 0 Å². The van der Waals surface area contributed by atoms with Crippen LogP contribution in [0.15, 0.2) is 84.9 Å². The second-order valence-electron chi connectivity index (χ2n) is 11.3. The van der Waals surface area contributed by atoms with Crippen LogP contribution >= 0.6 is 0 Å². The predicted molar refractivity (Wildman–Crippen MR) is 153 cm³/mol. The fourth-order valence-corrected chi connectivity index (χ4v) is 5.96. The summed E-state index contributed by atoms with van der Waals surface area (Å²) in [4.78, 5) is 2.55. The summed E-state index contributed by atoms with van der Waals surface area (Å²) in [5.41, 5.74) is 3.43. The van der Waals surface area contributed by atoms with E-state index in [0.717, 1.165) is 81.3 Å². The molecule has 1 atom stereocenters. The number of benzene rings is 3. The van der Waals surface area contributed by atoms with Crippen LogP contribution in [0.2, 0.25) is 0 Å². The van der Waals surface area contributed by atoms with Crippen molar-refractivity contribution in [3.05, 3.63) is 107 Å². The molecule has 0 radical (unpaired) electrons. The van der Waals surface area contributed by atoms with Crippen LogP contribution in [0.4, 0.5) is 0 Å². The number of likely N-dealkylation sites (tertiary alicyclic amines) is 1. The Labute approximate surface area is 224 Å². The summed E-state index contributed by atoms with van der Waals surface area (Å²) in [6.07, 6.45) is 6.88. The Morgan fingerprint density at radius 2 is 1.35 bits per heavy atom. The summed E-state index contributed by atoms with van der Waals surface area (Å²) >= 11 is 0.